The molecule has 1 amide bonds. The second-order valence-electron chi connectivity index (χ2n) is 5.29. The summed E-state index contributed by atoms with van der Waals surface area (Å²) >= 11 is 0. The van der Waals surface area contributed by atoms with Gasteiger partial charge in [-0.2, -0.15) is 0 Å². The molecule has 2 aliphatic rings. The molecular formula is C17H15NO2. The third-order valence-electron chi connectivity index (χ3n) is 4.13. The Balaban J connectivity index is 1.94. The largest absolute Gasteiger partial charge is 0.456 e. The first-order chi connectivity index (χ1) is 9.84. The van der Waals surface area contributed by atoms with Crippen LogP contribution in [0.4, 0.5) is 0 Å². The van der Waals surface area contributed by atoms with Gasteiger partial charge in [-0.15, -0.1) is 0 Å². The van der Waals surface area contributed by atoms with Gasteiger partial charge in [0.15, 0.2) is 0 Å². The van der Waals surface area contributed by atoms with Crippen molar-refractivity contribution in [1.82, 2.24) is 4.90 Å². The molecule has 2 heterocycles. The van der Waals surface area contributed by atoms with Gasteiger partial charge in [0.25, 0.3) is 5.91 Å². The molecule has 0 aromatic heterocycles. The quantitative estimate of drug-likeness (QED) is 0.725. The first-order valence-corrected chi connectivity index (χ1v) is 7.01. The van der Waals surface area contributed by atoms with Crippen molar-refractivity contribution in [3.05, 3.63) is 59.7 Å². The summed E-state index contributed by atoms with van der Waals surface area (Å²) in [6, 6.07) is 15.7. The molecule has 1 unspecified atom stereocenters. The Morgan fingerprint density at radius 3 is 2.65 bits per heavy atom. The predicted octanol–water partition coefficient (Wildman–Crippen LogP) is 3.77. The molecule has 1 saturated heterocycles. The van der Waals surface area contributed by atoms with Crippen LogP contribution in [0.5, 0.6) is 11.5 Å². The standard InChI is InChI=1S/C17H15NO2/c19-17-13-7-2-4-10-16(13)20-15-9-3-1-6-12(15)14-8-5-11-18(14)17/h1-4,6-7,9-10,14H,5,8,11H2. The average Bonchev–Trinajstić information content (AvgIpc) is 2.95. The van der Waals surface area contributed by atoms with Crippen LogP contribution < -0.4 is 4.74 Å². The Kier molecular flexibility index (Phi) is 2.52. The van der Waals surface area contributed by atoms with Crippen LogP contribution in [0.3, 0.4) is 0 Å². The van der Waals surface area contributed by atoms with E-state index in [2.05, 4.69) is 6.07 Å². The summed E-state index contributed by atoms with van der Waals surface area (Å²) in [6.07, 6.45) is 2.06. The zero-order valence-corrected chi connectivity index (χ0v) is 11.1. The highest BCUT2D eigenvalue weighted by molar-refractivity contribution is 5.97. The molecule has 3 nitrogen and oxygen atoms in total. The van der Waals surface area contributed by atoms with Crippen molar-refractivity contribution in [2.45, 2.75) is 18.9 Å². The fraction of sp³-hybridized carbons (Fsp3) is 0.235. The van der Waals surface area contributed by atoms with Gasteiger partial charge in [-0.25, -0.2) is 0 Å². The summed E-state index contributed by atoms with van der Waals surface area (Å²) in [5.74, 6) is 1.59. The molecule has 0 N–H and O–H groups in total. The molecule has 20 heavy (non-hydrogen) atoms. The first kappa shape index (κ1) is 11.5. The third kappa shape index (κ3) is 1.63. The van der Waals surface area contributed by atoms with E-state index in [9.17, 15) is 4.79 Å². The van der Waals surface area contributed by atoms with Crippen molar-refractivity contribution >= 4 is 5.91 Å². The highest BCUT2D eigenvalue weighted by atomic mass is 16.5. The van der Waals surface area contributed by atoms with Crippen molar-refractivity contribution in [1.29, 1.82) is 0 Å². The zero-order valence-electron chi connectivity index (χ0n) is 11.1. The lowest BCUT2D eigenvalue weighted by Gasteiger charge is -2.29. The van der Waals surface area contributed by atoms with Gasteiger partial charge in [-0.05, 0) is 31.0 Å². The topological polar surface area (TPSA) is 29.5 Å². The number of ether oxygens (including phenoxy) is 1. The summed E-state index contributed by atoms with van der Waals surface area (Å²) in [7, 11) is 0. The van der Waals surface area contributed by atoms with E-state index in [1.54, 1.807) is 0 Å². The Bertz CT molecular complexity index is 680. The molecule has 1 fully saturated rings. The lowest BCUT2D eigenvalue weighted by molar-refractivity contribution is 0.0726. The number of benzene rings is 2. The third-order valence-corrected chi connectivity index (χ3v) is 4.13. The molecule has 0 aliphatic carbocycles. The number of carbonyl (C=O) groups excluding carboxylic acids is 1. The van der Waals surface area contributed by atoms with Crippen molar-refractivity contribution in [3.63, 3.8) is 0 Å². The predicted molar refractivity (Wildman–Crippen MR) is 76.0 cm³/mol. The monoisotopic (exact) mass is 265 g/mol. The minimum absolute atomic E-state index is 0.0811. The normalized spacial score (nSPS) is 20.3. The van der Waals surface area contributed by atoms with Gasteiger partial charge in [0, 0.05) is 12.1 Å². The molecule has 1 atom stereocenters. The van der Waals surface area contributed by atoms with E-state index in [0.29, 0.717) is 11.3 Å². The fourth-order valence-corrected chi connectivity index (χ4v) is 3.19. The SMILES string of the molecule is O=C1c2ccccc2Oc2ccccc2C2CCCN12. The van der Waals surface area contributed by atoms with Crippen LogP contribution in [0.2, 0.25) is 0 Å². The van der Waals surface area contributed by atoms with Gasteiger partial charge in [0.05, 0.1) is 11.6 Å². The van der Waals surface area contributed by atoms with Crippen LogP contribution >= 0.6 is 0 Å². The molecular weight excluding hydrogens is 250 g/mol. The van der Waals surface area contributed by atoms with Crippen LogP contribution in [0.15, 0.2) is 48.5 Å². The Morgan fingerprint density at radius 2 is 1.75 bits per heavy atom. The van der Waals surface area contributed by atoms with Gasteiger partial charge < -0.3 is 9.64 Å². The van der Waals surface area contributed by atoms with Gasteiger partial charge in [-0.3, -0.25) is 4.79 Å². The second-order valence-corrected chi connectivity index (χ2v) is 5.29. The van der Waals surface area contributed by atoms with E-state index >= 15 is 0 Å². The van der Waals surface area contributed by atoms with Gasteiger partial charge in [0.2, 0.25) is 0 Å². The highest BCUT2D eigenvalue weighted by Gasteiger charge is 2.35. The number of carbonyl (C=O) groups is 1. The molecule has 0 radical (unpaired) electrons. The number of hydrogen-bond acceptors (Lipinski definition) is 2. The van der Waals surface area contributed by atoms with Crippen LogP contribution in [0, 0.1) is 0 Å². The maximum absolute atomic E-state index is 12.7. The summed E-state index contributed by atoms with van der Waals surface area (Å²) < 4.78 is 6.01. The van der Waals surface area contributed by atoms with E-state index in [1.807, 2.05) is 47.4 Å². The van der Waals surface area contributed by atoms with Crippen molar-refractivity contribution in [3.8, 4) is 11.5 Å². The zero-order chi connectivity index (χ0) is 13.5. The maximum Gasteiger partial charge on any atom is 0.258 e. The summed E-state index contributed by atoms with van der Waals surface area (Å²) in [6.45, 7) is 0.826. The van der Waals surface area contributed by atoms with Crippen LogP contribution in [0.1, 0.15) is 34.8 Å². The number of fused-ring (bicyclic) bond motifs is 4. The minimum Gasteiger partial charge on any atom is -0.456 e. The molecule has 100 valence electrons. The lowest BCUT2D eigenvalue weighted by atomic mass is 10.0. The molecule has 2 aromatic rings. The molecule has 0 saturated carbocycles. The Hall–Kier alpha value is -2.29. The number of hydrogen-bond donors (Lipinski definition) is 0. The molecule has 2 aromatic carbocycles. The van der Waals surface area contributed by atoms with E-state index in [4.69, 9.17) is 4.74 Å². The van der Waals surface area contributed by atoms with Gasteiger partial charge in [-0.1, -0.05) is 30.3 Å². The molecule has 0 bridgehead atoms. The fourth-order valence-electron chi connectivity index (χ4n) is 3.19. The first-order valence-electron chi connectivity index (χ1n) is 7.01. The molecule has 3 heteroatoms. The van der Waals surface area contributed by atoms with Crippen molar-refractivity contribution in [2.24, 2.45) is 0 Å². The van der Waals surface area contributed by atoms with Crippen LogP contribution in [-0.4, -0.2) is 17.4 Å². The van der Waals surface area contributed by atoms with Crippen LogP contribution in [0.25, 0.3) is 0 Å². The minimum atomic E-state index is 0.0811. The summed E-state index contributed by atoms with van der Waals surface area (Å²) in [5, 5.41) is 0. The summed E-state index contributed by atoms with van der Waals surface area (Å²) in [5.41, 5.74) is 1.78. The highest BCUT2D eigenvalue weighted by Crippen LogP contribution is 2.42. The van der Waals surface area contributed by atoms with E-state index < -0.39 is 0 Å². The molecule has 2 aliphatic heterocycles. The van der Waals surface area contributed by atoms with Gasteiger partial charge >= 0.3 is 0 Å². The molecule has 4 rings (SSSR count). The lowest BCUT2D eigenvalue weighted by Crippen LogP contribution is -2.32. The van der Waals surface area contributed by atoms with E-state index in [-0.39, 0.29) is 11.9 Å². The Morgan fingerprint density at radius 1 is 1.00 bits per heavy atom. The van der Waals surface area contributed by atoms with E-state index in [0.717, 1.165) is 30.7 Å². The smallest absolute Gasteiger partial charge is 0.258 e. The second kappa shape index (κ2) is 4.37. The number of rotatable bonds is 0. The number of para-hydroxylation sites is 2. The maximum atomic E-state index is 12.7. The van der Waals surface area contributed by atoms with E-state index in [1.165, 1.54) is 0 Å². The van der Waals surface area contributed by atoms with Crippen LogP contribution in [-0.2, 0) is 0 Å². The molecule has 0 spiro atoms. The van der Waals surface area contributed by atoms with Gasteiger partial charge in [0.1, 0.15) is 11.5 Å². The Labute approximate surface area is 117 Å². The van der Waals surface area contributed by atoms with Crippen molar-refractivity contribution < 1.29 is 9.53 Å². The number of amides is 1. The van der Waals surface area contributed by atoms with Crippen molar-refractivity contribution in [2.75, 3.05) is 6.54 Å². The number of nitrogens with zero attached hydrogens (tertiary/aromatic N) is 1. The average molecular weight is 265 g/mol. The summed E-state index contributed by atoms with van der Waals surface area (Å²) in [4.78, 5) is 14.7.